The number of carbonyl (C=O) groups is 9. The van der Waals surface area contributed by atoms with E-state index in [4.69, 9.17) is 71.6 Å². The second-order valence-corrected chi connectivity index (χ2v) is 34.4. The minimum absolute atomic E-state index is 0.0505. The van der Waals surface area contributed by atoms with E-state index in [1.54, 1.807) is 0 Å². The van der Waals surface area contributed by atoms with Crippen molar-refractivity contribution >= 4 is 76.4 Å². The van der Waals surface area contributed by atoms with Crippen molar-refractivity contribution in [3.63, 3.8) is 0 Å². The monoisotopic (exact) mass is 1910 g/mol. The normalized spacial score (nSPS) is 29.2. The lowest BCUT2D eigenvalue weighted by atomic mass is 9.89. The van der Waals surface area contributed by atoms with Crippen molar-refractivity contribution in [2.45, 2.75) is 206 Å². The van der Waals surface area contributed by atoms with Gasteiger partial charge in [-0.05, 0) is 130 Å². The molecule has 3 fully saturated rings. The molecule has 9 amide bonds. The van der Waals surface area contributed by atoms with Crippen molar-refractivity contribution in [3.05, 3.63) is 164 Å². The molecule has 43 nitrogen and oxygen atoms in total. The third-order valence-corrected chi connectivity index (χ3v) is 24.4. The van der Waals surface area contributed by atoms with Crippen LogP contribution in [0.5, 0.6) is 69.0 Å². The number of nitrogens with two attached hydrogens (primary N) is 1. The van der Waals surface area contributed by atoms with Gasteiger partial charge in [0.15, 0.2) is 29.3 Å². The second kappa shape index (κ2) is 41.4. The molecule has 9 aliphatic rings. The SMILES string of the molecule is CNC(=O)[C@@H]1NC(=O)C2NC(=O)C(NC(=O)C3NC(=O)C4NC(=O)C(NC(=O)C(N)c5ccc(O)c(c5)Oc5cc(O)cc4c5)C(O)c4ccc(c(Cl)c4)Oc4cc3cc(c4O[C@@H]3O[C@@H](CO)[C@@H](O)[C@H](O)[C@@H]3NC(=O)CCCCCCC(C)C)Oc3ccc(cc3Cl)C2O[C@@H]2O[C@@H](CO)[C@@H](O)[C@H](O)[C@@H]2NC(C)=O)c2ccc(O)c(c2)-c2c(O[C@H]3O[C@H](CO)[C@@H](O)[C@@H](O)[C@@H]3O)cc(O)cc21. The number of hydrogen-bond acceptors (Lipinski definition) is 34. The molecule has 0 radical (unpaired) electrons. The van der Waals surface area contributed by atoms with Crippen LogP contribution < -0.4 is 77.3 Å². The van der Waals surface area contributed by atoms with Gasteiger partial charge in [0, 0.05) is 43.7 Å². The number of aliphatic hydroxyl groups excluding tert-OH is 11. The summed E-state index contributed by atoms with van der Waals surface area (Å²) in [6, 6.07) is -0.201. The Hall–Kier alpha value is -12.1. The number of fused-ring (bicyclic) bond motifs is 14. The number of aromatic hydroxyl groups is 4. The average molecular weight is 1910 g/mol. The number of phenols is 4. The highest BCUT2D eigenvalue weighted by Crippen LogP contribution is 2.51. The number of aliphatic hydroxyl groups is 11. The molecule has 16 rings (SSSR count). The van der Waals surface area contributed by atoms with Gasteiger partial charge in [0.1, 0.15) is 168 Å². The quantitative estimate of drug-likeness (QED) is 0.0480. The zero-order valence-corrected chi connectivity index (χ0v) is 73.2. The third-order valence-electron chi connectivity index (χ3n) is 23.8. The van der Waals surface area contributed by atoms with Crippen LogP contribution in [0.4, 0.5) is 0 Å². The van der Waals surface area contributed by atoms with Crippen molar-refractivity contribution in [3.8, 4) is 80.1 Å². The molecule has 7 aromatic carbocycles. The molecule has 26 N–H and O–H groups in total. The van der Waals surface area contributed by atoms with Crippen molar-refractivity contribution in [1.82, 2.24) is 47.9 Å². The number of likely N-dealkylation sites (N-methyl/N-ethyl adjacent to an activating group) is 1. The zero-order valence-electron chi connectivity index (χ0n) is 71.7. The van der Waals surface area contributed by atoms with Crippen molar-refractivity contribution < 1.29 is 162 Å². The smallest absolute Gasteiger partial charge is 0.248 e. The molecule has 45 heteroatoms. The number of hydrogen-bond donors (Lipinski definition) is 25. The van der Waals surface area contributed by atoms with Gasteiger partial charge in [0.2, 0.25) is 71.5 Å². The van der Waals surface area contributed by atoms with Crippen LogP contribution in [0, 0.1) is 5.92 Å². The summed E-state index contributed by atoms with van der Waals surface area (Å²) in [6.07, 6.45) is -27.5. The summed E-state index contributed by atoms with van der Waals surface area (Å²) < 4.78 is 57.7. The van der Waals surface area contributed by atoms with Gasteiger partial charge in [-0.2, -0.15) is 0 Å². The summed E-state index contributed by atoms with van der Waals surface area (Å²) >= 11 is 14.7. The topological polar surface area (TPSA) is 674 Å². The van der Waals surface area contributed by atoms with E-state index in [0.717, 1.165) is 142 Å². The Morgan fingerprint density at radius 1 is 0.478 bits per heavy atom. The Balaban J connectivity index is 1.05. The molecule has 7 aromatic rings. The lowest BCUT2D eigenvalue weighted by Gasteiger charge is -2.44. The Bertz CT molecular complexity index is 5630. The number of rotatable bonds is 19. The first-order chi connectivity index (χ1) is 63.8. The zero-order chi connectivity index (χ0) is 96.4. The fraction of sp³-hybridized carbons (Fsp3) is 0.427. The number of nitrogens with one attached hydrogen (secondary N) is 9. The van der Waals surface area contributed by atoms with Crippen molar-refractivity contribution in [2.75, 3.05) is 26.9 Å². The number of amides is 9. The molecule has 134 heavy (non-hydrogen) atoms. The van der Waals surface area contributed by atoms with E-state index in [0.29, 0.717) is 18.8 Å². The minimum Gasteiger partial charge on any atom is -0.508 e. The van der Waals surface area contributed by atoms with E-state index in [1.807, 2.05) is 0 Å². The van der Waals surface area contributed by atoms with Gasteiger partial charge >= 0.3 is 0 Å². The lowest BCUT2D eigenvalue weighted by molar-refractivity contribution is -0.284. The van der Waals surface area contributed by atoms with Gasteiger partial charge in [0.05, 0.1) is 29.9 Å². The predicted molar refractivity (Wildman–Crippen MR) is 461 cm³/mol. The van der Waals surface area contributed by atoms with E-state index in [-0.39, 0.29) is 23.1 Å². The van der Waals surface area contributed by atoms with Crippen LogP contribution in [-0.2, 0) is 62.1 Å². The molecule has 3 saturated heterocycles. The largest absolute Gasteiger partial charge is 0.508 e. The first-order valence-electron chi connectivity index (χ1n) is 42.6. The first-order valence-corrected chi connectivity index (χ1v) is 43.4. The van der Waals surface area contributed by atoms with Gasteiger partial charge < -0.3 is 173 Å². The summed E-state index contributed by atoms with van der Waals surface area (Å²) in [5.74, 6) is -18.8. The molecule has 9 aliphatic heterocycles. The Kier molecular flexibility index (Phi) is 30.3. The van der Waals surface area contributed by atoms with Crippen LogP contribution in [-0.4, -0.2) is 261 Å². The van der Waals surface area contributed by atoms with Crippen molar-refractivity contribution in [2.24, 2.45) is 11.7 Å². The molecule has 0 aliphatic carbocycles. The van der Waals surface area contributed by atoms with E-state index < -0.39 is 332 Å². The fourth-order valence-corrected chi connectivity index (χ4v) is 17.1. The predicted octanol–water partition coefficient (Wildman–Crippen LogP) is 0.172. The summed E-state index contributed by atoms with van der Waals surface area (Å²) in [4.78, 5) is 140. The van der Waals surface area contributed by atoms with Crippen LogP contribution in [0.25, 0.3) is 11.1 Å². The second-order valence-electron chi connectivity index (χ2n) is 33.5. The molecule has 0 saturated carbocycles. The lowest BCUT2D eigenvalue weighted by Crippen LogP contribution is -2.65. The van der Waals surface area contributed by atoms with E-state index in [9.17, 15) is 91.0 Å². The van der Waals surface area contributed by atoms with Crippen LogP contribution in [0.1, 0.15) is 141 Å². The molecule has 24 atom stereocenters. The maximum absolute atomic E-state index is 17.1. The molecule has 8 unspecified atom stereocenters. The van der Waals surface area contributed by atoms with Gasteiger partial charge in [-0.3, -0.25) is 43.2 Å². The van der Waals surface area contributed by atoms with E-state index >= 15 is 28.8 Å². The van der Waals surface area contributed by atoms with Gasteiger partial charge in [-0.1, -0.05) is 87.0 Å². The first kappa shape index (κ1) is 97.9. The number of carbonyl (C=O) groups excluding carboxylic acids is 9. The Labute approximate surface area is 771 Å². The summed E-state index contributed by atoms with van der Waals surface area (Å²) in [5, 5.41) is 194. The molecule has 0 aromatic heterocycles. The average Bonchev–Trinajstić information content (AvgIpc) is 0.753. The maximum Gasteiger partial charge on any atom is 0.248 e. The number of benzene rings is 7. The maximum atomic E-state index is 17.1. The number of phenolic OH excluding ortho intramolecular Hbond substituents is 4. The van der Waals surface area contributed by atoms with Gasteiger partial charge in [-0.15, -0.1) is 0 Å². The summed E-state index contributed by atoms with van der Waals surface area (Å²) in [5.41, 5.74) is 2.60. The highest BCUT2D eigenvalue weighted by molar-refractivity contribution is 6.32. The number of ether oxygens (including phenoxy) is 9. The molecular formula is C89H100Cl2N10O33. The third kappa shape index (κ3) is 20.9. The minimum atomic E-state index is -2.56. The summed E-state index contributed by atoms with van der Waals surface area (Å²) in [7, 11) is 1.10. The molecule has 17 bridgehead atoms. The fourth-order valence-electron chi connectivity index (χ4n) is 16.7. The van der Waals surface area contributed by atoms with Crippen molar-refractivity contribution in [1.29, 1.82) is 0 Å². The Morgan fingerprint density at radius 3 is 1.62 bits per heavy atom. The van der Waals surface area contributed by atoms with E-state index in [1.165, 1.54) is 6.07 Å². The van der Waals surface area contributed by atoms with Gasteiger partial charge in [-0.25, -0.2) is 0 Å². The van der Waals surface area contributed by atoms with Crippen LogP contribution >= 0.6 is 23.2 Å². The van der Waals surface area contributed by atoms with Crippen LogP contribution in [0.2, 0.25) is 10.0 Å². The molecular weight excluding hydrogens is 1810 g/mol. The highest BCUT2D eigenvalue weighted by Gasteiger charge is 2.53. The van der Waals surface area contributed by atoms with Gasteiger partial charge in [0.25, 0.3) is 0 Å². The summed E-state index contributed by atoms with van der Waals surface area (Å²) in [6.45, 7) is 1.99. The highest BCUT2D eigenvalue weighted by atomic mass is 35.5. The Morgan fingerprint density at radius 2 is 1.00 bits per heavy atom. The molecule has 718 valence electrons. The molecule has 0 spiro atoms. The molecule has 9 heterocycles. The van der Waals surface area contributed by atoms with E-state index in [2.05, 4.69) is 61.7 Å². The van der Waals surface area contributed by atoms with Crippen LogP contribution in [0.3, 0.4) is 0 Å². The number of unbranched alkanes of at least 4 members (excludes halogenated alkanes) is 3. The number of halogens is 2. The van der Waals surface area contributed by atoms with Crippen LogP contribution in [0.15, 0.2) is 115 Å². The standard InChI is InChI=1S/C89H100Cl2N10O33/c1-33(2)9-7-5-6-8-10-59(110)95-68-75(116)72(113)57(31-103)131-88(68)134-79-54-25-40-26-55(79)128-51-18-14-38(23-47(51)91)78(133-87-67(94-34(3)105)74(115)71(112)56(30-102)130-87)69-86(125)99-65(81(120)93-4)45-28-42(107)29-53(129-89-77(118)76(117)73(114)58(32-104)132-89)60(45)44-21-36(12-15-48(44)108)62(82(121)101-69)96-84(123)64(40)97-83(122)63-39-19-41(106)27-43(20-39)126-52-24-35(11-16-49(52)109)61(92)80(119)100-66(85(124)98-63)70(111)37-13-17-50(127-54)46(90)22-37/h11-29,33,56-58,61-78,87-89,102-104,106-109,111-118H,5-10,30-32,92H2,1-4H3,(H,93,120)(H,94,105)(H,95,110)(H,96,123)(H,97,122)(H,98,124)(H,99,125)(H,100,119)(H,101,121)/t56-,57-,58+,61?,62?,63?,64?,65+,66?,67-,68-,69?,70?,71+,72+,73+,74+,75+,76+,77-,78?,87-,88-,89-/m0/s1.